The molecule has 174 valence electrons. The highest BCUT2D eigenvalue weighted by atomic mass is 32.2. The minimum absolute atomic E-state index is 0.0737. The maximum Gasteiger partial charge on any atom is 0.309 e. The molecule has 2 heterocycles. The van der Waals surface area contributed by atoms with Crippen molar-refractivity contribution < 1.29 is 19.1 Å². The van der Waals surface area contributed by atoms with E-state index in [9.17, 15) is 14.4 Å². The molecule has 0 aromatic carbocycles. The molecular weight excluding hydrogens is 416 g/mol. The highest BCUT2D eigenvalue weighted by Crippen LogP contribution is 2.25. The summed E-state index contributed by atoms with van der Waals surface area (Å²) in [7, 11) is 0. The molecule has 0 spiro atoms. The Balaban J connectivity index is 1.66. The lowest BCUT2D eigenvalue weighted by Gasteiger charge is -2.30. The second kappa shape index (κ2) is 11.9. The summed E-state index contributed by atoms with van der Waals surface area (Å²) in [6.07, 6.45) is 7.39. The van der Waals surface area contributed by atoms with E-state index in [0.717, 1.165) is 56.0 Å². The van der Waals surface area contributed by atoms with Gasteiger partial charge in [0.2, 0.25) is 11.7 Å². The van der Waals surface area contributed by atoms with Crippen molar-refractivity contribution in [3.8, 4) is 0 Å². The maximum absolute atomic E-state index is 13.1. The van der Waals surface area contributed by atoms with E-state index in [-0.39, 0.29) is 17.7 Å². The van der Waals surface area contributed by atoms with Gasteiger partial charge in [-0.1, -0.05) is 37.4 Å². The molecule has 0 aromatic rings. The van der Waals surface area contributed by atoms with Crippen molar-refractivity contribution in [1.29, 1.82) is 0 Å². The summed E-state index contributed by atoms with van der Waals surface area (Å²) in [6.45, 7) is 6.01. The summed E-state index contributed by atoms with van der Waals surface area (Å²) in [6, 6.07) is -0.479. The first-order valence-corrected chi connectivity index (χ1v) is 12.7. The molecule has 2 saturated heterocycles. The van der Waals surface area contributed by atoms with Crippen LogP contribution in [0.1, 0.15) is 65.2 Å². The number of amidine groups is 1. The fraction of sp³-hybridized carbons (Fsp3) is 0.818. The summed E-state index contributed by atoms with van der Waals surface area (Å²) < 4.78 is 5.42. The summed E-state index contributed by atoms with van der Waals surface area (Å²) in [4.78, 5) is 40.8. The van der Waals surface area contributed by atoms with Crippen molar-refractivity contribution in [2.45, 2.75) is 77.3 Å². The van der Waals surface area contributed by atoms with Crippen molar-refractivity contribution >= 4 is 34.5 Å². The fourth-order valence-corrected chi connectivity index (χ4v) is 5.81. The molecule has 1 aliphatic carbocycles. The van der Waals surface area contributed by atoms with E-state index in [1.54, 1.807) is 11.8 Å². The molecule has 31 heavy (non-hydrogen) atoms. The Morgan fingerprint density at radius 1 is 1.13 bits per heavy atom. The molecule has 2 N–H and O–H groups in total. The number of Topliss-reactive ketones (excluding diaryl/α,β-unsaturated/α-hetero) is 1. The summed E-state index contributed by atoms with van der Waals surface area (Å²) in [5, 5.41) is 7.88. The standard InChI is InChI=1S/C22H36N4O4S/c1-3-26-15(2)14-31-22(26)25-24-21(29)19(27)18(16-10-12-30-13-11-16)23-20(28)17-8-6-4-5-7-9-17/h15-18H,3-14H2,1-2H3,(H,23,28)(H,24,29)/b25-22-/t15-,18-/m0/s1. The van der Waals surface area contributed by atoms with E-state index in [1.165, 1.54) is 0 Å². The third-order valence-corrected chi connectivity index (χ3v) is 7.83. The van der Waals surface area contributed by atoms with Gasteiger partial charge in [-0.2, -0.15) is 0 Å². The molecule has 9 heteroatoms. The average Bonchev–Trinajstić information content (AvgIpc) is 2.96. The number of thioether (sulfide) groups is 1. The molecule has 0 bridgehead atoms. The van der Waals surface area contributed by atoms with Gasteiger partial charge >= 0.3 is 5.91 Å². The zero-order chi connectivity index (χ0) is 22.2. The van der Waals surface area contributed by atoms with Crippen LogP contribution in [0.25, 0.3) is 0 Å². The number of rotatable bonds is 7. The number of nitrogens with one attached hydrogen (secondary N) is 2. The van der Waals surface area contributed by atoms with Crippen LogP contribution in [0.3, 0.4) is 0 Å². The largest absolute Gasteiger partial charge is 0.381 e. The number of amides is 2. The van der Waals surface area contributed by atoms with E-state index in [2.05, 4.69) is 27.7 Å². The van der Waals surface area contributed by atoms with Crippen molar-refractivity contribution in [3.05, 3.63) is 0 Å². The Hall–Kier alpha value is -1.61. The first-order chi connectivity index (χ1) is 15.0. The fourth-order valence-electron chi connectivity index (χ4n) is 4.65. The zero-order valence-electron chi connectivity index (χ0n) is 18.7. The van der Waals surface area contributed by atoms with Crippen LogP contribution in [-0.4, -0.2) is 65.3 Å². The van der Waals surface area contributed by atoms with Crippen LogP contribution in [0.4, 0.5) is 0 Å². The number of ether oxygens (including phenoxy) is 1. The molecule has 0 aromatic heterocycles. The van der Waals surface area contributed by atoms with Gasteiger partial charge in [0.25, 0.3) is 0 Å². The van der Waals surface area contributed by atoms with Gasteiger partial charge < -0.3 is 15.0 Å². The van der Waals surface area contributed by atoms with Gasteiger partial charge in [-0.15, -0.1) is 5.10 Å². The predicted molar refractivity (Wildman–Crippen MR) is 122 cm³/mol. The van der Waals surface area contributed by atoms with Gasteiger partial charge in [-0.3, -0.25) is 14.4 Å². The molecule has 2 aliphatic heterocycles. The number of hydrogen-bond acceptors (Lipinski definition) is 6. The smallest absolute Gasteiger partial charge is 0.309 e. The molecule has 0 unspecified atom stereocenters. The molecule has 2 atom stereocenters. The lowest BCUT2D eigenvalue weighted by atomic mass is 9.87. The van der Waals surface area contributed by atoms with Crippen LogP contribution in [0.15, 0.2) is 5.10 Å². The lowest BCUT2D eigenvalue weighted by molar-refractivity contribution is -0.142. The summed E-state index contributed by atoms with van der Waals surface area (Å²) in [5.74, 6) is -0.738. The minimum atomic E-state index is -0.822. The Bertz CT molecular complexity index is 672. The molecule has 8 nitrogen and oxygen atoms in total. The summed E-state index contributed by atoms with van der Waals surface area (Å²) in [5.41, 5.74) is 2.45. The third-order valence-electron chi connectivity index (χ3n) is 6.59. The van der Waals surface area contributed by atoms with Crippen molar-refractivity contribution in [1.82, 2.24) is 15.6 Å². The van der Waals surface area contributed by atoms with Crippen molar-refractivity contribution in [2.75, 3.05) is 25.5 Å². The van der Waals surface area contributed by atoms with Gasteiger partial charge in [-0.05, 0) is 45.4 Å². The Morgan fingerprint density at radius 2 is 1.81 bits per heavy atom. The van der Waals surface area contributed by atoms with Crippen LogP contribution in [0.2, 0.25) is 0 Å². The van der Waals surface area contributed by atoms with E-state index in [0.29, 0.717) is 32.1 Å². The Labute approximate surface area is 189 Å². The number of carbonyl (C=O) groups excluding carboxylic acids is 3. The molecule has 2 amide bonds. The average molecular weight is 453 g/mol. The molecule has 3 rings (SSSR count). The number of carbonyl (C=O) groups is 3. The Kier molecular flexibility index (Phi) is 9.19. The van der Waals surface area contributed by atoms with Gasteiger partial charge in [0.15, 0.2) is 5.17 Å². The van der Waals surface area contributed by atoms with E-state index in [1.807, 2.05) is 6.92 Å². The highest BCUT2D eigenvalue weighted by molar-refractivity contribution is 8.14. The van der Waals surface area contributed by atoms with Gasteiger partial charge in [0.05, 0.1) is 0 Å². The van der Waals surface area contributed by atoms with Crippen LogP contribution < -0.4 is 10.7 Å². The van der Waals surface area contributed by atoms with Gasteiger partial charge in [-0.25, -0.2) is 5.43 Å². The quantitative estimate of drug-likeness (QED) is 0.349. The predicted octanol–water partition coefficient (Wildman–Crippen LogP) is 2.28. The van der Waals surface area contributed by atoms with Crippen LogP contribution in [-0.2, 0) is 19.1 Å². The monoisotopic (exact) mass is 452 g/mol. The van der Waals surface area contributed by atoms with Crippen LogP contribution in [0.5, 0.6) is 0 Å². The second-order valence-electron chi connectivity index (χ2n) is 8.77. The van der Waals surface area contributed by atoms with Crippen LogP contribution in [0, 0.1) is 11.8 Å². The second-order valence-corrected chi connectivity index (χ2v) is 9.76. The zero-order valence-corrected chi connectivity index (χ0v) is 19.5. The topological polar surface area (TPSA) is 100 Å². The molecular formula is C22H36N4O4S. The molecule has 0 radical (unpaired) electrons. The van der Waals surface area contributed by atoms with Crippen molar-refractivity contribution in [3.63, 3.8) is 0 Å². The first-order valence-electron chi connectivity index (χ1n) is 11.7. The highest BCUT2D eigenvalue weighted by Gasteiger charge is 2.36. The summed E-state index contributed by atoms with van der Waals surface area (Å²) >= 11 is 1.57. The third kappa shape index (κ3) is 6.44. The normalized spacial score (nSPS) is 25.8. The number of nitrogens with zero attached hydrogens (tertiary/aromatic N) is 2. The number of ketones is 1. The Morgan fingerprint density at radius 3 is 2.45 bits per heavy atom. The van der Waals surface area contributed by atoms with E-state index < -0.39 is 17.7 Å². The minimum Gasteiger partial charge on any atom is -0.381 e. The SMILES string of the molecule is CCN1/C(=N/NC(=O)C(=O)[C@@H](NC(=O)C2CCCCCC2)C2CCOCC2)SC[C@@H]1C. The lowest BCUT2D eigenvalue weighted by Crippen LogP contribution is -2.53. The molecule has 1 saturated carbocycles. The van der Waals surface area contributed by atoms with Crippen LogP contribution >= 0.6 is 11.8 Å². The van der Waals surface area contributed by atoms with Gasteiger partial charge in [0, 0.05) is 37.5 Å². The van der Waals surface area contributed by atoms with Crippen molar-refractivity contribution in [2.24, 2.45) is 16.9 Å². The number of hydrazone groups is 1. The molecule has 3 aliphatic rings. The van der Waals surface area contributed by atoms with E-state index >= 15 is 0 Å². The maximum atomic E-state index is 13.1. The van der Waals surface area contributed by atoms with E-state index in [4.69, 9.17) is 4.74 Å². The first kappa shape index (κ1) is 24.0. The number of hydrogen-bond donors (Lipinski definition) is 2. The molecule has 3 fully saturated rings. The van der Waals surface area contributed by atoms with Gasteiger partial charge in [0.1, 0.15) is 6.04 Å².